The highest BCUT2D eigenvalue weighted by Gasteiger charge is 2.51. The van der Waals surface area contributed by atoms with Crippen LogP contribution in [0.3, 0.4) is 0 Å². The third kappa shape index (κ3) is 2.98. The Morgan fingerprint density at radius 3 is 2.57 bits per heavy atom. The Morgan fingerprint density at radius 1 is 1.26 bits per heavy atom. The molecular weight excluding hydrogens is 366 g/mol. The molecule has 1 aliphatic carbocycles. The van der Waals surface area contributed by atoms with Crippen molar-refractivity contribution in [2.24, 2.45) is 0 Å². The summed E-state index contributed by atoms with van der Waals surface area (Å²) in [6, 6.07) is 4.47. The Bertz CT molecular complexity index is 729. The van der Waals surface area contributed by atoms with Crippen LogP contribution in [0.5, 0.6) is 0 Å². The number of imide groups is 2. The number of hydrogen-bond acceptors (Lipinski definition) is 4. The van der Waals surface area contributed by atoms with E-state index >= 15 is 0 Å². The molecule has 0 bridgehead atoms. The first-order valence-electron chi connectivity index (χ1n) is 7.13. The first kappa shape index (κ1) is 15.7. The van der Waals surface area contributed by atoms with Gasteiger partial charge in [-0.15, -0.1) is 0 Å². The fourth-order valence-electron chi connectivity index (χ4n) is 2.37. The monoisotopic (exact) mass is 379 g/mol. The molecule has 1 saturated carbocycles. The van der Waals surface area contributed by atoms with Gasteiger partial charge in [-0.05, 0) is 53.4 Å². The molecule has 0 radical (unpaired) electrons. The minimum atomic E-state index is -0.944. The van der Waals surface area contributed by atoms with Crippen molar-refractivity contribution in [2.75, 3.05) is 11.9 Å². The van der Waals surface area contributed by atoms with Crippen LogP contribution in [0.15, 0.2) is 22.7 Å². The summed E-state index contributed by atoms with van der Waals surface area (Å²) in [5.74, 6) is -2.33. The summed E-state index contributed by atoms with van der Waals surface area (Å²) in [7, 11) is 0. The van der Waals surface area contributed by atoms with Gasteiger partial charge in [0.2, 0.25) is 5.91 Å². The number of urea groups is 1. The van der Waals surface area contributed by atoms with E-state index < -0.39 is 30.3 Å². The molecule has 3 rings (SSSR count). The van der Waals surface area contributed by atoms with Gasteiger partial charge < -0.3 is 5.32 Å². The Kier molecular flexibility index (Phi) is 3.93. The molecule has 0 unspecified atom stereocenters. The lowest BCUT2D eigenvalue weighted by Crippen LogP contribution is -2.39. The maximum absolute atomic E-state index is 12.1. The number of hydrogen-bond donors (Lipinski definition) is 1. The first-order valence-corrected chi connectivity index (χ1v) is 7.93. The summed E-state index contributed by atoms with van der Waals surface area (Å²) in [4.78, 5) is 49.6. The van der Waals surface area contributed by atoms with Gasteiger partial charge in [0.25, 0.3) is 0 Å². The molecule has 120 valence electrons. The van der Waals surface area contributed by atoms with Crippen LogP contribution in [-0.4, -0.2) is 46.1 Å². The summed E-state index contributed by atoms with van der Waals surface area (Å²) in [5.41, 5.74) is 1.55. The van der Waals surface area contributed by atoms with Crippen LogP contribution < -0.4 is 5.32 Å². The van der Waals surface area contributed by atoms with E-state index in [4.69, 9.17) is 0 Å². The molecule has 1 saturated heterocycles. The van der Waals surface area contributed by atoms with Gasteiger partial charge in [-0.3, -0.25) is 19.3 Å². The molecule has 1 aliphatic heterocycles. The average molecular weight is 380 g/mol. The quantitative estimate of drug-likeness (QED) is 0.636. The highest BCUT2D eigenvalue weighted by atomic mass is 79.9. The number of benzene rings is 1. The van der Waals surface area contributed by atoms with Gasteiger partial charge in [-0.2, -0.15) is 0 Å². The van der Waals surface area contributed by atoms with Crippen LogP contribution in [0.4, 0.5) is 10.5 Å². The zero-order chi connectivity index (χ0) is 16.7. The molecule has 7 nitrogen and oxygen atoms in total. The number of carbonyl (C=O) groups is 4. The lowest BCUT2D eigenvalue weighted by molar-refractivity contribution is -0.143. The molecule has 1 heterocycles. The van der Waals surface area contributed by atoms with E-state index in [0.29, 0.717) is 27.9 Å². The molecule has 8 heteroatoms. The van der Waals surface area contributed by atoms with Gasteiger partial charge in [0.1, 0.15) is 6.54 Å². The number of halogens is 1. The summed E-state index contributed by atoms with van der Waals surface area (Å²) < 4.78 is 0.695. The number of anilines is 1. The van der Waals surface area contributed by atoms with Crippen LogP contribution in [0, 0.1) is 6.92 Å². The minimum absolute atomic E-state index is 0.196. The number of nitrogens with one attached hydrogen (secondary N) is 1. The van der Waals surface area contributed by atoms with Gasteiger partial charge in [-0.25, -0.2) is 9.69 Å². The molecule has 2 fully saturated rings. The normalized spacial score (nSPS) is 17.9. The third-order valence-corrected chi connectivity index (χ3v) is 4.35. The Labute approximate surface area is 140 Å². The average Bonchev–Trinajstić information content (AvgIpc) is 3.28. The van der Waals surface area contributed by atoms with Crippen LogP contribution in [0.2, 0.25) is 0 Å². The molecular formula is C15H14BrN3O4. The molecule has 2 aliphatic rings. The molecule has 0 atom stereocenters. The fourth-order valence-corrected chi connectivity index (χ4v) is 2.96. The Morgan fingerprint density at radius 2 is 1.96 bits per heavy atom. The second-order valence-corrected chi connectivity index (χ2v) is 6.47. The molecule has 5 amide bonds. The van der Waals surface area contributed by atoms with Gasteiger partial charge in [0.05, 0.1) is 5.69 Å². The second-order valence-electron chi connectivity index (χ2n) is 5.61. The number of nitrogens with zero attached hydrogens (tertiary/aromatic N) is 2. The van der Waals surface area contributed by atoms with Crippen molar-refractivity contribution >= 4 is 45.4 Å². The van der Waals surface area contributed by atoms with Gasteiger partial charge in [0.15, 0.2) is 0 Å². The Hall–Kier alpha value is -2.22. The standard InChI is InChI=1S/C15H14BrN3O4/c1-8-2-5-11(10(16)6-8)17-12(20)7-18-13(21)14(22)19(15(18)23)9-3-4-9/h2,5-6,9H,3-4,7H2,1H3,(H,17,20). The van der Waals surface area contributed by atoms with Crippen molar-refractivity contribution in [3.8, 4) is 0 Å². The summed E-state index contributed by atoms with van der Waals surface area (Å²) in [6.07, 6.45) is 1.42. The van der Waals surface area contributed by atoms with E-state index in [-0.39, 0.29) is 6.04 Å². The van der Waals surface area contributed by atoms with Crippen LogP contribution >= 0.6 is 15.9 Å². The second kappa shape index (κ2) is 5.77. The zero-order valence-corrected chi connectivity index (χ0v) is 13.9. The molecule has 0 aromatic heterocycles. The number of rotatable bonds is 4. The topological polar surface area (TPSA) is 86.8 Å². The minimum Gasteiger partial charge on any atom is -0.323 e. The van der Waals surface area contributed by atoms with Crippen molar-refractivity contribution in [2.45, 2.75) is 25.8 Å². The van der Waals surface area contributed by atoms with Crippen molar-refractivity contribution < 1.29 is 19.2 Å². The van der Waals surface area contributed by atoms with Crippen LogP contribution in [0.25, 0.3) is 0 Å². The summed E-state index contributed by atoms with van der Waals surface area (Å²) >= 11 is 3.33. The van der Waals surface area contributed by atoms with E-state index in [0.717, 1.165) is 10.5 Å². The highest BCUT2D eigenvalue weighted by Crippen LogP contribution is 2.31. The predicted molar refractivity (Wildman–Crippen MR) is 84.5 cm³/mol. The summed E-state index contributed by atoms with van der Waals surface area (Å²) in [6.45, 7) is 1.43. The maximum Gasteiger partial charge on any atom is 0.334 e. The first-order chi connectivity index (χ1) is 10.9. The molecule has 23 heavy (non-hydrogen) atoms. The van der Waals surface area contributed by atoms with Crippen molar-refractivity contribution in [1.29, 1.82) is 0 Å². The Balaban J connectivity index is 1.69. The maximum atomic E-state index is 12.1. The predicted octanol–water partition coefficient (Wildman–Crippen LogP) is 1.65. The molecule has 1 N–H and O–H groups in total. The van der Waals surface area contributed by atoms with Crippen molar-refractivity contribution in [3.63, 3.8) is 0 Å². The number of carbonyl (C=O) groups excluding carboxylic acids is 4. The number of aryl methyl sites for hydroxylation is 1. The van der Waals surface area contributed by atoms with E-state index in [9.17, 15) is 19.2 Å². The third-order valence-electron chi connectivity index (χ3n) is 3.70. The van der Waals surface area contributed by atoms with Crippen LogP contribution in [-0.2, 0) is 14.4 Å². The summed E-state index contributed by atoms with van der Waals surface area (Å²) in [5, 5.41) is 2.62. The lowest BCUT2D eigenvalue weighted by atomic mass is 10.2. The van der Waals surface area contributed by atoms with Gasteiger partial charge in [0, 0.05) is 10.5 Å². The molecule has 0 spiro atoms. The number of amides is 5. The molecule has 1 aromatic rings. The largest absolute Gasteiger partial charge is 0.334 e. The van der Waals surface area contributed by atoms with E-state index in [1.807, 2.05) is 19.1 Å². The fraction of sp³-hybridized carbons (Fsp3) is 0.333. The highest BCUT2D eigenvalue weighted by molar-refractivity contribution is 9.10. The van der Waals surface area contributed by atoms with Crippen molar-refractivity contribution in [1.82, 2.24) is 9.80 Å². The van der Waals surface area contributed by atoms with Crippen molar-refractivity contribution in [3.05, 3.63) is 28.2 Å². The van der Waals surface area contributed by atoms with Crippen LogP contribution in [0.1, 0.15) is 18.4 Å². The van der Waals surface area contributed by atoms with E-state index in [1.165, 1.54) is 0 Å². The van der Waals surface area contributed by atoms with Gasteiger partial charge >= 0.3 is 17.8 Å². The smallest absolute Gasteiger partial charge is 0.323 e. The van der Waals surface area contributed by atoms with E-state index in [2.05, 4.69) is 21.2 Å². The van der Waals surface area contributed by atoms with E-state index in [1.54, 1.807) is 6.07 Å². The zero-order valence-electron chi connectivity index (χ0n) is 12.3. The van der Waals surface area contributed by atoms with Gasteiger partial charge in [-0.1, -0.05) is 6.07 Å². The SMILES string of the molecule is Cc1ccc(NC(=O)CN2C(=O)C(=O)N(C3CC3)C2=O)c(Br)c1. The lowest BCUT2D eigenvalue weighted by Gasteiger charge is -2.15. The molecule has 1 aromatic carbocycles.